The van der Waals surface area contributed by atoms with E-state index in [2.05, 4.69) is 25.6 Å². The summed E-state index contributed by atoms with van der Waals surface area (Å²) in [5.41, 5.74) is 5.08. The van der Waals surface area contributed by atoms with Crippen molar-refractivity contribution in [3.63, 3.8) is 0 Å². The molecule has 0 fully saturated rings. The molecule has 0 saturated heterocycles. The number of anilines is 3. The summed E-state index contributed by atoms with van der Waals surface area (Å²) in [6, 6.07) is 4.75. The van der Waals surface area contributed by atoms with Crippen molar-refractivity contribution in [3.8, 4) is 0 Å². The zero-order chi connectivity index (χ0) is 24.6. The summed E-state index contributed by atoms with van der Waals surface area (Å²) in [6.45, 7) is 0. The first kappa shape index (κ1) is 22.6. The monoisotopic (exact) mass is 472 g/mol. The molecule has 0 spiro atoms. The zero-order valence-electron chi connectivity index (χ0n) is 17.4. The van der Waals surface area contributed by atoms with Crippen LogP contribution >= 0.6 is 0 Å². The van der Waals surface area contributed by atoms with Crippen molar-refractivity contribution in [2.75, 3.05) is 23.4 Å². The Morgan fingerprint density at radius 2 is 1.91 bits per heavy atom. The van der Waals surface area contributed by atoms with Crippen molar-refractivity contribution in [3.05, 3.63) is 77.3 Å². The number of carbonyl (C=O) groups is 1. The number of imidazole rings is 1. The van der Waals surface area contributed by atoms with Crippen LogP contribution in [0.15, 0.2) is 49.1 Å². The average molecular weight is 472 g/mol. The Morgan fingerprint density at radius 3 is 2.62 bits per heavy atom. The summed E-state index contributed by atoms with van der Waals surface area (Å²) in [7, 11) is 1.62. The molecule has 0 radical (unpaired) electrons. The average Bonchev–Trinajstić information content (AvgIpc) is 3.22. The molecule has 34 heavy (non-hydrogen) atoms. The van der Waals surface area contributed by atoms with E-state index in [-0.39, 0.29) is 28.4 Å². The van der Waals surface area contributed by atoms with Crippen molar-refractivity contribution < 1.29 is 22.4 Å². The summed E-state index contributed by atoms with van der Waals surface area (Å²) < 4.78 is 54.2. The third-order valence-corrected chi connectivity index (χ3v) is 4.94. The summed E-state index contributed by atoms with van der Waals surface area (Å²) in [4.78, 5) is 24.7. The molecule has 0 aliphatic carbocycles. The molecule has 0 unspecified atom stereocenters. The maximum atomic E-state index is 14.0. The molecule has 13 heteroatoms. The largest absolute Gasteiger partial charge is 0.416 e. The lowest BCUT2D eigenvalue weighted by Gasteiger charge is -2.12. The van der Waals surface area contributed by atoms with Crippen molar-refractivity contribution in [2.45, 2.75) is 6.18 Å². The molecule has 0 saturated carbocycles. The number of nitrogen functional groups attached to an aromatic ring is 1. The number of hydrogen-bond acceptors (Lipinski definition) is 7. The molecule has 0 atom stereocenters. The number of carbonyl (C=O) groups excluding carboxylic acids is 1. The van der Waals surface area contributed by atoms with Crippen LogP contribution in [0.4, 0.5) is 34.9 Å². The Labute approximate surface area is 189 Å². The van der Waals surface area contributed by atoms with E-state index in [0.29, 0.717) is 29.6 Å². The predicted molar refractivity (Wildman–Crippen MR) is 116 cm³/mol. The van der Waals surface area contributed by atoms with Gasteiger partial charge in [0, 0.05) is 18.8 Å². The van der Waals surface area contributed by atoms with Gasteiger partial charge in [0.05, 0.1) is 28.7 Å². The molecular formula is C21H16F4N8O. The number of alkyl halides is 3. The van der Waals surface area contributed by atoms with Gasteiger partial charge >= 0.3 is 6.18 Å². The zero-order valence-corrected chi connectivity index (χ0v) is 17.4. The number of amides is 1. The summed E-state index contributed by atoms with van der Waals surface area (Å²) in [5, 5.41) is 13.5. The Bertz CT molecular complexity index is 1430. The molecule has 3 aromatic heterocycles. The van der Waals surface area contributed by atoms with Crippen LogP contribution in [0.25, 0.3) is 5.65 Å². The molecular weight excluding hydrogens is 456 g/mol. The van der Waals surface area contributed by atoms with Crippen molar-refractivity contribution in [2.24, 2.45) is 0 Å². The lowest BCUT2D eigenvalue weighted by Crippen LogP contribution is -2.16. The number of hydrogen-bond donors (Lipinski definition) is 4. The molecule has 0 aliphatic heterocycles. The number of halogens is 4. The van der Waals surface area contributed by atoms with Crippen LogP contribution in [-0.2, 0) is 6.18 Å². The van der Waals surface area contributed by atoms with Gasteiger partial charge in [0.25, 0.3) is 5.91 Å². The van der Waals surface area contributed by atoms with Gasteiger partial charge in [0.1, 0.15) is 35.1 Å². The SMILES string of the molecule is CNc1ncnc(N)c1C(=N)c1ccn2c(C(=O)Nc3cc(C(F)(F)F)ccc3F)cnc2c1. The third-order valence-electron chi connectivity index (χ3n) is 4.94. The number of benzene rings is 1. The van der Waals surface area contributed by atoms with Gasteiger partial charge in [-0.2, -0.15) is 13.2 Å². The lowest BCUT2D eigenvalue weighted by molar-refractivity contribution is -0.137. The minimum atomic E-state index is -4.70. The van der Waals surface area contributed by atoms with E-state index in [0.717, 1.165) is 0 Å². The van der Waals surface area contributed by atoms with E-state index in [1.54, 1.807) is 7.05 Å². The summed E-state index contributed by atoms with van der Waals surface area (Å²) in [5.74, 6) is -1.44. The fraction of sp³-hybridized carbons (Fsp3) is 0.0952. The number of fused-ring (bicyclic) bond motifs is 1. The Hall–Kier alpha value is -4.55. The highest BCUT2D eigenvalue weighted by Crippen LogP contribution is 2.32. The van der Waals surface area contributed by atoms with Crippen LogP contribution in [0.5, 0.6) is 0 Å². The first-order chi connectivity index (χ1) is 16.1. The fourth-order valence-electron chi connectivity index (χ4n) is 3.27. The maximum absolute atomic E-state index is 14.0. The van der Waals surface area contributed by atoms with Crippen LogP contribution in [-0.4, -0.2) is 38.0 Å². The van der Waals surface area contributed by atoms with Gasteiger partial charge in [-0.15, -0.1) is 0 Å². The van der Waals surface area contributed by atoms with E-state index >= 15 is 0 Å². The molecule has 0 bridgehead atoms. The van der Waals surface area contributed by atoms with E-state index in [4.69, 9.17) is 11.1 Å². The standard InChI is InChI=1S/C21H16F4N8O/c1-28-19-16(18(27)30-9-31-19)17(26)10-4-5-33-14(8-29-15(33)6-10)20(34)32-13-7-11(21(23,24)25)2-3-12(13)22/h2-9,26H,1H3,(H,32,34)(H3,27,28,30,31). The fourth-order valence-corrected chi connectivity index (χ4v) is 3.27. The molecule has 4 rings (SSSR count). The van der Waals surface area contributed by atoms with Gasteiger partial charge in [0.2, 0.25) is 0 Å². The Kier molecular flexibility index (Phi) is 5.61. The third kappa shape index (κ3) is 4.10. The minimum Gasteiger partial charge on any atom is -0.383 e. The molecule has 0 aliphatic rings. The minimum absolute atomic E-state index is 0.00462. The van der Waals surface area contributed by atoms with Crippen LogP contribution in [0.3, 0.4) is 0 Å². The summed E-state index contributed by atoms with van der Waals surface area (Å²) in [6.07, 6.45) is -0.809. The number of nitrogens with two attached hydrogens (primary N) is 1. The Balaban J connectivity index is 1.65. The first-order valence-electron chi connectivity index (χ1n) is 9.63. The Morgan fingerprint density at radius 1 is 1.15 bits per heavy atom. The predicted octanol–water partition coefficient (Wildman–Crippen LogP) is 3.57. The molecule has 174 valence electrons. The van der Waals surface area contributed by atoms with Crippen molar-refractivity contribution >= 4 is 34.6 Å². The smallest absolute Gasteiger partial charge is 0.383 e. The number of rotatable bonds is 5. The first-order valence-corrected chi connectivity index (χ1v) is 9.63. The van der Waals surface area contributed by atoms with Crippen molar-refractivity contribution in [1.29, 1.82) is 5.41 Å². The number of aromatic nitrogens is 4. The quantitative estimate of drug-likeness (QED) is 0.259. The molecule has 9 nitrogen and oxygen atoms in total. The van der Waals surface area contributed by atoms with Crippen LogP contribution < -0.4 is 16.4 Å². The second-order valence-electron chi connectivity index (χ2n) is 7.04. The van der Waals surface area contributed by atoms with E-state index < -0.39 is 29.2 Å². The van der Waals surface area contributed by atoms with Crippen LogP contribution in [0.2, 0.25) is 0 Å². The van der Waals surface area contributed by atoms with Crippen LogP contribution in [0.1, 0.15) is 27.2 Å². The second kappa shape index (κ2) is 8.42. The lowest BCUT2D eigenvalue weighted by atomic mass is 10.0. The highest BCUT2D eigenvalue weighted by atomic mass is 19.4. The highest BCUT2D eigenvalue weighted by molar-refractivity contribution is 6.16. The molecule has 3 heterocycles. The van der Waals surface area contributed by atoms with Gasteiger partial charge in [-0.3, -0.25) is 14.6 Å². The van der Waals surface area contributed by atoms with Gasteiger partial charge in [-0.05, 0) is 30.3 Å². The van der Waals surface area contributed by atoms with Crippen molar-refractivity contribution in [1.82, 2.24) is 19.4 Å². The van der Waals surface area contributed by atoms with Gasteiger partial charge in [0.15, 0.2) is 0 Å². The molecule has 4 aromatic rings. The van der Waals surface area contributed by atoms with Gasteiger partial charge in [-0.1, -0.05) is 0 Å². The normalized spacial score (nSPS) is 11.4. The number of nitrogens with one attached hydrogen (secondary N) is 3. The van der Waals surface area contributed by atoms with E-state index in [1.807, 2.05) is 0 Å². The second-order valence-corrected chi connectivity index (χ2v) is 7.04. The van der Waals surface area contributed by atoms with E-state index in [9.17, 15) is 22.4 Å². The van der Waals surface area contributed by atoms with Gasteiger partial charge in [-0.25, -0.2) is 19.3 Å². The van der Waals surface area contributed by atoms with Gasteiger partial charge < -0.3 is 16.4 Å². The molecule has 5 N–H and O–H groups in total. The highest BCUT2D eigenvalue weighted by Gasteiger charge is 2.31. The van der Waals surface area contributed by atoms with E-state index in [1.165, 1.54) is 35.3 Å². The van der Waals surface area contributed by atoms with Crippen LogP contribution in [0, 0.1) is 11.2 Å². The topological polar surface area (TPSA) is 134 Å². The maximum Gasteiger partial charge on any atom is 0.416 e. The summed E-state index contributed by atoms with van der Waals surface area (Å²) >= 11 is 0. The molecule has 1 aromatic carbocycles. The molecule has 1 amide bonds. The number of pyridine rings is 1. The number of nitrogens with zero attached hydrogens (tertiary/aromatic N) is 4.